The molecule has 1 aliphatic rings. The lowest BCUT2D eigenvalue weighted by Gasteiger charge is -2.36. The van der Waals surface area contributed by atoms with Gasteiger partial charge >= 0.3 is 0 Å². The molecule has 1 heterocycles. The van der Waals surface area contributed by atoms with E-state index in [9.17, 15) is 14.0 Å². The van der Waals surface area contributed by atoms with Crippen LogP contribution in [0.25, 0.3) is 0 Å². The summed E-state index contributed by atoms with van der Waals surface area (Å²) in [6.07, 6.45) is -0.202. The largest absolute Gasteiger partial charge is 0.491 e. The third-order valence-electron chi connectivity index (χ3n) is 6.23. The predicted molar refractivity (Wildman–Crippen MR) is 129 cm³/mol. The highest BCUT2D eigenvalue weighted by Crippen LogP contribution is 2.27. The van der Waals surface area contributed by atoms with Crippen LogP contribution >= 0.6 is 0 Å². The van der Waals surface area contributed by atoms with Crippen LogP contribution in [-0.4, -0.2) is 67.6 Å². The fourth-order valence-electron chi connectivity index (χ4n) is 4.19. The second kappa shape index (κ2) is 11.4. The molecule has 0 aromatic heterocycles. The average molecular weight is 472 g/mol. The van der Waals surface area contributed by atoms with Gasteiger partial charge < -0.3 is 19.7 Å². The topological polar surface area (TPSA) is 71.1 Å². The molecule has 0 radical (unpaired) electrons. The number of anilines is 1. The van der Waals surface area contributed by atoms with Gasteiger partial charge in [-0.3, -0.25) is 14.5 Å². The van der Waals surface area contributed by atoms with Crippen molar-refractivity contribution in [2.45, 2.75) is 39.5 Å². The maximum absolute atomic E-state index is 14.4. The van der Waals surface area contributed by atoms with E-state index >= 15 is 0 Å². The van der Waals surface area contributed by atoms with Crippen LogP contribution in [0.3, 0.4) is 0 Å². The molecule has 7 nitrogen and oxygen atoms in total. The molecular weight excluding hydrogens is 437 g/mol. The molecule has 3 rings (SSSR count). The molecule has 0 fully saturated rings. The maximum Gasteiger partial charge on any atom is 0.257 e. The lowest BCUT2D eigenvalue weighted by molar-refractivity contribution is -0.114. The summed E-state index contributed by atoms with van der Waals surface area (Å²) in [5, 5.41) is 2.73. The number of hydrogen-bond donors (Lipinski definition) is 1. The van der Waals surface area contributed by atoms with Crippen molar-refractivity contribution in [3.8, 4) is 5.75 Å². The molecule has 0 spiro atoms. The zero-order valence-corrected chi connectivity index (χ0v) is 20.5. The van der Waals surface area contributed by atoms with Crippen LogP contribution in [-0.2, 0) is 16.1 Å². The Bertz CT molecular complexity index is 1020. The van der Waals surface area contributed by atoms with Gasteiger partial charge in [0.25, 0.3) is 5.91 Å². The summed E-state index contributed by atoms with van der Waals surface area (Å²) in [5.41, 5.74) is 1.57. The smallest absolute Gasteiger partial charge is 0.257 e. The zero-order valence-electron chi connectivity index (χ0n) is 20.5. The van der Waals surface area contributed by atoms with Crippen molar-refractivity contribution in [1.29, 1.82) is 0 Å². The van der Waals surface area contributed by atoms with E-state index in [1.54, 1.807) is 49.4 Å². The average Bonchev–Trinajstić information content (AvgIpc) is 2.80. The molecule has 3 atom stereocenters. The van der Waals surface area contributed by atoms with Crippen molar-refractivity contribution in [2.24, 2.45) is 5.92 Å². The highest BCUT2D eigenvalue weighted by molar-refractivity contribution is 5.98. The summed E-state index contributed by atoms with van der Waals surface area (Å²) < 4.78 is 26.3. The minimum atomic E-state index is -0.242. The van der Waals surface area contributed by atoms with Crippen LogP contribution in [0, 0.1) is 11.7 Å². The van der Waals surface area contributed by atoms with E-state index in [4.69, 9.17) is 9.47 Å². The Hall–Kier alpha value is -2.97. The fraction of sp³-hybridized carbons (Fsp3) is 0.462. The first-order valence-electron chi connectivity index (χ1n) is 11.5. The number of benzene rings is 2. The van der Waals surface area contributed by atoms with Crippen molar-refractivity contribution < 1.29 is 23.5 Å². The number of nitrogens with zero attached hydrogens (tertiary/aromatic N) is 2. The second-order valence-electron chi connectivity index (χ2n) is 9.01. The Labute approximate surface area is 200 Å². The molecule has 0 aliphatic carbocycles. The quantitative estimate of drug-likeness (QED) is 0.735. The number of rotatable bonds is 4. The van der Waals surface area contributed by atoms with E-state index in [0.29, 0.717) is 42.2 Å². The summed E-state index contributed by atoms with van der Waals surface area (Å²) in [6.45, 7) is 7.26. The number of carbonyl (C=O) groups is 2. The molecule has 2 aromatic carbocycles. The van der Waals surface area contributed by atoms with Gasteiger partial charge in [0.15, 0.2) is 0 Å². The molecule has 8 heteroatoms. The fourth-order valence-corrected chi connectivity index (χ4v) is 4.19. The third-order valence-corrected chi connectivity index (χ3v) is 6.23. The molecule has 2 aromatic rings. The standard InChI is InChI=1S/C26H34FN3O4/c1-17-13-30(14-20-8-6-7-9-23(20)27)18(2)16-34-24-12-21(28-19(3)31)10-11-22(24)26(32)29(4)15-25(17)33-5/h6-12,17-18,25H,13-16H2,1-5H3,(H,28,31)/t17-,18+,25-/m0/s1. The molecule has 1 aliphatic heterocycles. The Morgan fingerprint density at radius 1 is 1.21 bits per heavy atom. The zero-order chi connectivity index (χ0) is 24.8. The number of carbonyl (C=O) groups excluding carboxylic acids is 2. The summed E-state index contributed by atoms with van der Waals surface area (Å²) in [6, 6.07) is 11.7. The summed E-state index contributed by atoms with van der Waals surface area (Å²) in [5.74, 6) is -0.167. The molecular formula is C26H34FN3O4. The SMILES string of the molecule is CO[C@H]1CN(C)C(=O)c2ccc(NC(C)=O)cc2OC[C@@H](C)N(Cc2ccccc2F)C[C@@H]1C. The van der Waals surface area contributed by atoms with Gasteiger partial charge in [0.05, 0.1) is 11.7 Å². The molecule has 0 saturated carbocycles. The van der Waals surface area contributed by atoms with Gasteiger partial charge in [-0.05, 0) is 31.0 Å². The van der Waals surface area contributed by atoms with Crippen LogP contribution in [0.2, 0.25) is 0 Å². The van der Waals surface area contributed by atoms with Crippen molar-refractivity contribution >= 4 is 17.5 Å². The number of halogens is 1. The molecule has 0 bridgehead atoms. The first kappa shape index (κ1) is 25.6. The minimum absolute atomic E-state index is 0.0792. The minimum Gasteiger partial charge on any atom is -0.491 e. The summed E-state index contributed by atoms with van der Waals surface area (Å²) >= 11 is 0. The van der Waals surface area contributed by atoms with E-state index in [0.717, 1.165) is 0 Å². The van der Waals surface area contributed by atoms with Crippen LogP contribution < -0.4 is 10.1 Å². The lowest BCUT2D eigenvalue weighted by Crippen LogP contribution is -2.46. The number of nitrogens with one attached hydrogen (secondary N) is 1. The van der Waals surface area contributed by atoms with Crippen molar-refractivity contribution in [2.75, 3.05) is 39.2 Å². The number of fused-ring (bicyclic) bond motifs is 1. The highest BCUT2D eigenvalue weighted by atomic mass is 19.1. The second-order valence-corrected chi connectivity index (χ2v) is 9.01. The number of methoxy groups -OCH3 is 1. The molecule has 1 N–H and O–H groups in total. The van der Waals surface area contributed by atoms with Crippen LogP contribution in [0.1, 0.15) is 36.7 Å². The number of likely N-dealkylation sites (N-methyl/N-ethyl adjacent to an activating group) is 1. The van der Waals surface area contributed by atoms with E-state index in [2.05, 4.69) is 17.1 Å². The third kappa shape index (κ3) is 6.33. The van der Waals surface area contributed by atoms with Crippen molar-refractivity contribution in [1.82, 2.24) is 9.80 Å². The first-order chi connectivity index (χ1) is 16.2. The Morgan fingerprint density at radius 2 is 1.94 bits per heavy atom. The van der Waals surface area contributed by atoms with Crippen molar-refractivity contribution in [3.63, 3.8) is 0 Å². The van der Waals surface area contributed by atoms with Gasteiger partial charge in [-0.25, -0.2) is 4.39 Å². The van der Waals surface area contributed by atoms with Gasteiger partial charge in [0.1, 0.15) is 18.2 Å². The number of hydrogen-bond acceptors (Lipinski definition) is 5. The van der Waals surface area contributed by atoms with Gasteiger partial charge in [-0.2, -0.15) is 0 Å². The van der Waals surface area contributed by atoms with Crippen LogP contribution in [0.4, 0.5) is 10.1 Å². The molecule has 2 amide bonds. The van der Waals surface area contributed by atoms with Gasteiger partial charge in [0, 0.05) is 64.1 Å². The highest BCUT2D eigenvalue weighted by Gasteiger charge is 2.28. The monoisotopic (exact) mass is 471 g/mol. The summed E-state index contributed by atoms with van der Waals surface area (Å²) in [4.78, 5) is 28.6. The van der Waals surface area contributed by atoms with Gasteiger partial charge in [-0.15, -0.1) is 0 Å². The van der Waals surface area contributed by atoms with E-state index in [1.807, 2.05) is 13.0 Å². The maximum atomic E-state index is 14.4. The van der Waals surface area contributed by atoms with E-state index in [-0.39, 0.29) is 42.3 Å². The molecule has 0 saturated heterocycles. The normalized spacial score (nSPS) is 22.2. The Morgan fingerprint density at radius 3 is 2.62 bits per heavy atom. The molecule has 184 valence electrons. The van der Waals surface area contributed by atoms with Crippen LogP contribution in [0.15, 0.2) is 42.5 Å². The van der Waals surface area contributed by atoms with E-state index in [1.165, 1.54) is 13.0 Å². The first-order valence-corrected chi connectivity index (χ1v) is 11.5. The molecule has 0 unspecified atom stereocenters. The Balaban J connectivity index is 1.96. The number of amides is 2. The Kier molecular flexibility index (Phi) is 8.63. The summed E-state index contributed by atoms with van der Waals surface area (Å²) in [7, 11) is 3.38. The van der Waals surface area contributed by atoms with Gasteiger partial charge in [-0.1, -0.05) is 25.1 Å². The predicted octanol–water partition coefficient (Wildman–Crippen LogP) is 3.79. The lowest BCUT2D eigenvalue weighted by atomic mass is 10.0. The number of ether oxygens (including phenoxy) is 2. The van der Waals surface area contributed by atoms with Crippen molar-refractivity contribution in [3.05, 3.63) is 59.4 Å². The van der Waals surface area contributed by atoms with Gasteiger partial charge in [0.2, 0.25) is 5.91 Å². The molecule has 34 heavy (non-hydrogen) atoms. The van der Waals surface area contributed by atoms with Crippen LogP contribution in [0.5, 0.6) is 5.75 Å². The van der Waals surface area contributed by atoms with E-state index < -0.39 is 0 Å².